The summed E-state index contributed by atoms with van der Waals surface area (Å²) in [5.41, 5.74) is 2.36. The molecule has 0 bridgehead atoms. The molecule has 0 radical (unpaired) electrons. The molecule has 0 spiro atoms. The lowest BCUT2D eigenvalue weighted by Gasteiger charge is -2.13. The number of rotatable bonds is 5. The Bertz CT molecular complexity index is 334. The van der Waals surface area contributed by atoms with Crippen LogP contribution in [-0.4, -0.2) is 36.1 Å². The van der Waals surface area contributed by atoms with Crippen LogP contribution in [-0.2, 0) is 6.54 Å². The Morgan fingerprint density at radius 2 is 2.35 bits per heavy atom. The van der Waals surface area contributed by atoms with E-state index in [2.05, 4.69) is 41.2 Å². The predicted octanol–water partition coefficient (Wildman–Crippen LogP) is 1.82. The number of nitrogens with one attached hydrogen (secondary N) is 1. The summed E-state index contributed by atoms with van der Waals surface area (Å²) in [6.45, 7) is 10.0. The highest BCUT2D eigenvalue weighted by Gasteiger charge is 2.20. The lowest BCUT2D eigenvalue weighted by atomic mass is 10.1. The molecule has 1 aromatic heterocycles. The molecule has 3 nitrogen and oxygen atoms in total. The number of aromatic nitrogens is 1. The smallest absolute Gasteiger partial charge is 0.0541 e. The molecule has 1 fully saturated rings. The van der Waals surface area contributed by atoms with Crippen LogP contribution in [0.25, 0.3) is 0 Å². The van der Waals surface area contributed by atoms with Gasteiger partial charge < -0.3 is 10.2 Å². The molecular formula is C14H23N3. The quantitative estimate of drug-likeness (QED) is 0.841. The molecule has 1 saturated heterocycles. The van der Waals surface area contributed by atoms with E-state index in [1.54, 1.807) is 0 Å². The van der Waals surface area contributed by atoms with Crippen molar-refractivity contribution in [2.24, 2.45) is 5.92 Å². The van der Waals surface area contributed by atoms with E-state index < -0.39 is 0 Å². The topological polar surface area (TPSA) is 28.2 Å². The summed E-state index contributed by atoms with van der Waals surface area (Å²) >= 11 is 0. The fourth-order valence-electron chi connectivity index (χ4n) is 2.37. The van der Waals surface area contributed by atoms with E-state index in [1.807, 2.05) is 6.20 Å². The van der Waals surface area contributed by atoms with Crippen LogP contribution in [0.1, 0.15) is 24.6 Å². The monoisotopic (exact) mass is 233 g/mol. The van der Waals surface area contributed by atoms with Crippen molar-refractivity contribution in [2.45, 2.75) is 26.8 Å². The largest absolute Gasteiger partial charge is 0.311 e. The Morgan fingerprint density at radius 1 is 1.47 bits per heavy atom. The van der Waals surface area contributed by atoms with E-state index in [0.717, 1.165) is 24.7 Å². The van der Waals surface area contributed by atoms with E-state index in [9.17, 15) is 0 Å². The lowest BCUT2D eigenvalue weighted by Crippen LogP contribution is -2.26. The third-order valence-electron chi connectivity index (χ3n) is 3.53. The van der Waals surface area contributed by atoms with Crippen LogP contribution < -0.4 is 5.32 Å². The average molecular weight is 233 g/mol. The van der Waals surface area contributed by atoms with Crippen LogP contribution >= 0.6 is 0 Å². The van der Waals surface area contributed by atoms with E-state index >= 15 is 0 Å². The molecule has 1 aliphatic heterocycles. The van der Waals surface area contributed by atoms with Crippen molar-refractivity contribution in [3.8, 4) is 0 Å². The molecule has 0 aliphatic carbocycles. The minimum atomic E-state index is 0.820. The fraction of sp³-hybridized carbons (Fsp3) is 0.643. The highest BCUT2D eigenvalue weighted by molar-refractivity contribution is 5.11. The number of nitrogens with zero attached hydrogens (tertiary/aromatic N) is 2. The SMILES string of the molecule is CCN1CCC(CNCc2ccc(C)cn2)C1. The molecule has 94 valence electrons. The van der Waals surface area contributed by atoms with Crippen LogP contribution in [0.5, 0.6) is 0 Å². The Balaban J connectivity index is 1.68. The first-order valence-corrected chi connectivity index (χ1v) is 6.62. The molecule has 1 aliphatic rings. The maximum absolute atomic E-state index is 4.40. The highest BCUT2D eigenvalue weighted by atomic mass is 15.1. The van der Waals surface area contributed by atoms with Crippen molar-refractivity contribution in [1.82, 2.24) is 15.2 Å². The summed E-state index contributed by atoms with van der Waals surface area (Å²) in [7, 11) is 0. The van der Waals surface area contributed by atoms with E-state index in [4.69, 9.17) is 0 Å². The number of hydrogen-bond donors (Lipinski definition) is 1. The minimum absolute atomic E-state index is 0.820. The summed E-state index contributed by atoms with van der Waals surface area (Å²) in [5.74, 6) is 0.820. The molecule has 1 aromatic rings. The summed E-state index contributed by atoms with van der Waals surface area (Å²) in [6, 6.07) is 4.23. The van der Waals surface area contributed by atoms with Crippen molar-refractivity contribution in [3.05, 3.63) is 29.6 Å². The summed E-state index contributed by atoms with van der Waals surface area (Å²) in [4.78, 5) is 6.92. The van der Waals surface area contributed by atoms with Gasteiger partial charge in [0.25, 0.3) is 0 Å². The van der Waals surface area contributed by atoms with Crippen LogP contribution in [0.3, 0.4) is 0 Å². The van der Waals surface area contributed by atoms with Crippen LogP contribution in [0.4, 0.5) is 0 Å². The van der Waals surface area contributed by atoms with Gasteiger partial charge in [0.05, 0.1) is 5.69 Å². The highest BCUT2D eigenvalue weighted by Crippen LogP contribution is 2.14. The van der Waals surface area contributed by atoms with Crippen molar-refractivity contribution >= 4 is 0 Å². The average Bonchev–Trinajstić information content (AvgIpc) is 2.80. The number of likely N-dealkylation sites (tertiary alicyclic amines) is 1. The predicted molar refractivity (Wildman–Crippen MR) is 70.9 cm³/mol. The van der Waals surface area contributed by atoms with Crippen molar-refractivity contribution in [1.29, 1.82) is 0 Å². The fourth-order valence-corrected chi connectivity index (χ4v) is 2.37. The van der Waals surface area contributed by atoms with E-state index in [0.29, 0.717) is 0 Å². The van der Waals surface area contributed by atoms with E-state index in [1.165, 1.54) is 31.6 Å². The Morgan fingerprint density at radius 3 is 3.00 bits per heavy atom. The van der Waals surface area contributed by atoms with Gasteiger partial charge in [-0.15, -0.1) is 0 Å². The molecule has 2 rings (SSSR count). The molecule has 3 heteroatoms. The van der Waals surface area contributed by atoms with Gasteiger partial charge in [0.2, 0.25) is 0 Å². The first kappa shape index (κ1) is 12.5. The van der Waals surface area contributed by atoms with Gasteiger partial charge in [-0.1, -0.05) is 13.0 Å². The van der Waals surface area contributed by atoms with Crippen LogP contribution in [0, 0.1) is 12.8 Å². The number of aryl methyl sites for hydroxylation is 1. The standard InChI is InChI=1S/C14H23N3/c1-3-17-7-6-13(11-17)9-15-10-14-5-4-12(2)8-16-14/h4-5,8,13,15H,3,6-7,9-11H2,1-2H3. The minimum Gasteiger partial charge on any atom is -0.311 e. The van der Waals surface area contributed by atoms with Gasteiger partial charge in [-0.2, -0.15) is 0 Å². The number of hydrogen-bond acceptors (Lipinski definition) is 3. The summed E-state index contributed by atoms with van der Waals surface area (Å²) in [5, 5.41) is 3.52. The molecule has 2 heterocycles. The van der Waals surface area contributed by atoms with Gasteiger partial charge in [0.1, 0.15) is 0 Å². The molecule has 0 amide bonds. The second-order valence-electron chi connectivity index (χ2n) is 5.01. The molecule has 17 heavy (non-hydrogen) atoms. The van der Waals surface area contributed by atoms with Crippen molar-refractivity contribution in [2.75, 3.05) is 26.2 Å². The van der Waals surface area contributed by atoms with Crippen molar-refractivity contribution < 1.29 is 0 Å². The zero-order valence-electron chi connectivity index (χ0n) is 10.9. The second kappa shape index (κ2) is 6.12. The molecule has 0 aromatic carbocycles. The molecule has 1 atom stereocenters. The lowest BCUT2D eigenvalue weighted by molar-refractivity contribution is 0.338. The van der Waals surface area contributed by atoms with Gasteiger partial charge in [0.15, 0.2) is 0 Å². The van der Waals surface area contributed by atoms with Crippen LogP contribution in [0.15, 0.2) is 18.3 Å². The normalized spacial score (nSPS) is 20.9. The third-order valence-corrected chi connectivity index (χ3v) is 3.53. The van der Waals surface area contributed by atoms with Crippen LogP contribution in [0.2, 0.25) is 0 Å². The molecule has 0 saturated carbocycles. The first-order chi connectivity index (χ1) is 8.28. The maximum Gasteiger partial charge on any atom is 0.0541 e. The first-order valence-electron chi connectivity index (χ1n) is 6.62. The molecule has 1 N–H and O–H groups in total. The molecular weight excluding hydrogens is 210 g/mol. The van der Waals surface area contributed by atoms with Gasteiger partial charge in [-0.25, -0.2) is 0 Å². The molecule has 1 unspecified atom stereocenters. The Kier molecular flexibility index (Phi) is 4.51. The van der Waals surface area contributed by atoms with Gasteiger partial charge in [0, 0.05) is 19.3 Å². The van der Waals surface area contributed by atoms with Crippen molar-refractivity contribution in [3.63, 3.8) is 0 Å². The zero-order chi connectivity index (χ0) is 12.1. The maximum atomic E-state index is 4.40. The Labute approximate surface area is 104 Å². The number of pyridine rings is 1. The third kappa shape index (κ3) is 3.79. The second-order valence-corrected chi connectivity index (χ2v) is 5.01. The van der Waals surface area contributed by atoms with Gasteiger partial charge in [-0.05, 0) is 50.5 Å². The zero-order valence-corrected chi connectivity index (χ0v) is 10.9. The summed E-state index contributed by atoms with van der Waals surface area (Å²) < 4.78 is 0. The Hall–Kier alpha value is -0.930. The van der Waals surface area contributed by atoms with E-state index in [-0.39, 0.29) is 0 Å². The summed E-state index contributed by atoms with van der Waals surface area (Å²) in [6.07, 6.45) is 3.27. The van der Waals surface area contributed by atoms with Gasteiger partial charge in [-0.3, -0.25) is 4.98 Å². The van der Waals surface area contributed by atoms with Gasteiger partial charge >= 0.3 is 0 Å².